The van der Waals surface area contributed by atoms with Crippen LogP contribution in [0.1, 0.15) is 28.4 Å². The van der Waals surface area contributed by atoms with Gasteiger partial charge in [-0.25, -0.2) is 18.8 Å². The lowest BCUT2D eigenvalue weighted by Gasteiger charge is -2.23. The predicted octanol–water partition coefficient (Wildman–Crippen LogP) is 6.83. The molecule has 0 radical (unpaired) electrons. The molecule has 0 spiro atoms. The van der Waals surface area contributed by atoms with Crippen molar-refractivity contribution in [3.05, 3.63) is 89.3 Å². The molecule has 0 aliphatic rings. The van der Waals surface area contributed by atoms with Gasteiger partial charge in [0.15, 0.2) is 0 Å². The van der Waals surface area contributed by atoms with E-state index in [1.807, 2.05) is 0 Å². The molecule has 0 fully saturated rings. The van der Waals surface area contributed by atoms with Gasteiger partial charge in [-0.3, -0.25) is 9.97 Å². The van der Waals surface area contributed by atoms with E-state index in [2.05, 4.69) is 20.6 Å². The highest BCUT2D eigenvalue weighted by molar-refractivity contribution is 5.89. The summed E-state index contributed by atoms with van der Waals surface area (Å²) in [5.41, 5.74) is -3.75. The first kappa shape index (κ1) is 38.8. The second-order valence-corrected chi connectivity index (χ2v) is 8.05. The molecule has 22 heteroatoms. The van der Waals surface area contributed by atoms with Crippen LogP contribution >= 0.6 is 0 Å². The summed E-state index contributed by atoms with van der Waals surface area (Å²) in [7, 11) is 0. The second-order valence-electron chi connectivity index (χ2n) is 8.05. The molecule has 3 aromatic rings. The molecule has 2 aromatic heterocycles. The summed E-state index contributed by atoms with van der Waals surface area (Å²) in [6.45, 7) is 0. The molecule has 2 heterocycles. The molecular weight excluding hydrogens is 671 g/mol. The number of hydrogen-bond acceptors (Lipinski definition) is 5. The monoisotopic (exact) mass is 686 g/mol. The van der Waals surface area contributed by atoms with Crippen molar-refractivity contribution in [2.75, 3.05) is 5.32 Å². The normalized spacial score (nSPS) is 12.4. The van der Waals surface area contributed by atoms with E-state index in [0.29, 0.717) is 18.2 Å². The number of carboxylic acids is 2. The topological polar surface area (TPSA) is 142 Å². The van der Waals surface area contributed by atoms with Gasteiger partial charge >= 0.3 is 42.7 Å². The SMILES string of the molecule is O=C(Nc1cccnc1)N[C@@H](c1ccc(C(F)(F)F)c(F)c1)c1ncccc1C(F)(F)F.O=C(O)C(F)(F)F.O=C(O)C(F)(F)F. The summed E-state index contributed by atoms with van der Waals surface area (Å²) >= 11 is 0. The van der Waals surface area contributed by atoms with Gasteiger partial charge in [0.05, 0.1) is 34.7 Å². The number of aliphatic carboxylic acids is 2. The van der Waals surface area contributed by atoms with E-state index >= 15 is 0 Å². The van der Waals surface area contributed by atoms with Crippen molar-refractivity contribution in [2.45, 2.75) is 30.7 Å². The van der Waals surface area contributed by atoms with Crippen LogP contribution in [-0.4, -0.2) is 50.5 Å². The summed E-state index contributed by atoms with van der Waals surface area (Å²) in [6.07, 6.45) is -16.4. The van der Waals surface area contributed by atoms with Gasteiger partial charge in [0, 0.05) is 12.4 Å². The van der Waals surface area contributed by atoms with Crippen LogP contribution in [0.5, 0.6) is 0 Å². The van der Waals surface area contributed by atoms with Crippen LogP contribution in [-0.2, 0) is 21.9 Å². The zero-order valence-electron chi connectivity index (χ0n) is 21.8. The van der Waals surface area contributed by atoms with Gasteiger partial charge in [-0.2, -0.15) is 52.7 Å². The molecule has 9 nitrogen and oxygen atoms in total. The summed E-state index contributed by atoms with van der Waals surface area (Å²) in [6, 6.07) is 3.46. The number of hydrogen-bond donors (Lipinski definition) is 4. The summed E-state index contributed by atoms with van der Waals surface area (Å²) in [5.74, 6) is -7.22. The molecule has 0 unspecified atom stereocenters. The maximum Gasteiger partial charge on any atom is 0.490 e. The highest BCUT2D eigenvalue weighted by atomic mass is 19.4. The van der Waals surface area contributed by atoms with Crippen molar-refractivity contribution in [1.82, 2.24) is 15.3 Å². The smallest absolute Gasteiger partial charge is 0.475 e. The van der Waals surface area contributed by atoms with E-state index in [-0.39, 0.29) is 11.3 Å². The van der Waals surface area contributed by atoms with E-state index in [1.54, 1.807) is 0 Å². The van der Waals surface area contributed by atoms with Crippen LogP contribution < -0.4 is 10.6 Å². The quantitative estimate of drug-likeness (QED) is 0.221. The molecule has 2 amide bonds. The van der Waals surface area contributed by atoms with Crippen molar-refractivity contribution >= 4 is 23.7 Å². The third-order valence-electron chi connectivity index (χ3n) is 4.73. The molecule has 252 valence electrons. The predicted molar refractivity (Wildman–Crippen MR) is 126 cm³/mol. The molecule has 0 saturated heterocycles. The van der Waals surface area contributed by atoms with Gasteiger partial charge in [-0.05, 0) is 42.0 Å². The van der Waals surface area contributed by atoms with Gasteiger partial charge in [-0.15, -0.1) is 0 Å². The Morgan fingerprint density at radius 1 is 0.717 bits per heavy atom. The number of carbonyl (C=O) groups is 3. The minimum atomic E-state index is -5.08. The first-order valence-electron chi connectivity index (χ1n) is 11.3. The number of rotatable bonds is 4. The number of benzene rings is 1. The average molecular weight is 686 g/mol. The van der Waals surface area contributed by atoms with E-state index in [4.69, 9.17) is 19.8 Å². The van der Waals surface area contributed by atoms with E-state index in [1.165, 1.54) is 24.5 Å². The zero-order valence-corrected chi connectivity index (χ0v) is 21.8. The zero-order chi connectivity index (χ0) is 35.7. The van der Waals surface area contributed by atoms with Crippen molar-refractivity contribution in [3.8, 4) is 0 Å². The lowest BCUT2D eigenvalue weighted by atomic mass is 9.97. The molecule has 1 atom stereocenters. The average Bonchev–Trinajstić information content (AvgIpc) is 2.90. The Hall–Kier alpha value is -5.18. The Balaban J connectivity index is 0.000000629. The van der Waals surface area contributed by atoms with Gasteiger partial charge < -0.3 is 20.8 Å². The molecule has 46 heavy (non-hydrogen) atoms. The number of halogens is 13. The fourth-order valence-corrected chi connectivity index (χ4v) is 2.87. The van der Waals surface area contributed by atoms with E-state index in [9.17, 15) is 61.9 Å². The summed E-state index contributed by atoms with van der Waals surface area (Å²) in [4.78, 5) is 37.6. The third kappa shape index (κ3) is 12.4. The molecule has 0 saturated carbocycles. The Kier molecular flexibility index (Phi) is 12.8. The number of nitrogens with one attached hydrogen (secondary N) is 2. The number of aromatic nitrogens is 2. The van der Waals surface area contributed by atoms with Crippen LogP contribution in [0.25, 0.3) is 0 Å². The molecule has 0 aliphatic heterocycles. The fraction of sp³-hybridized carbons (Fsp3) is 0.208. The van der Waals surface area contributed by atoms with E-state index < -0.39 is 71.4 Å². The highest BCUT2D eigenvalue weighted by Gasteiger charge is 2.40. The Morgan fingerprint density at radius 2 is 1.22 bits per heavy atom. The van der Waals surface area contributed by atoms with Gasteiger partial charge in [-0.1, -0.05) is 6.07 Å². The molecule has 3 rings (SSSR count). The standard InChI is InChI=1S/C20H13F7N4O.2C2HF3O2/c21-15-9-11(5-6-13(15)19(22,23)24)16(17-14(20(25,26)27)4-2-8-29-17)31-18(32)30-12-3-1-7-28-10-12;2*3-2(4,5)1(6)7/h1-10,16H,(H2,30,31,32);2*(H,6,7)/t16-;;/m0../s1. The number of urea groups is 1. The number of anilines is 1. The molecule has 0 aliphatic carbocycles. The lowest BCUT2D eigenvalue weighted by Crippen LogP contribution is -2.35. The summed E-state index contributed by atoms with van der Waals surface area (Å²) in [5, 5.41) is 18.8. The molecule has 4 N–H and O–H groups in total. The lowest BCUT2D eigenvalue weighted by molar-refractivity contribution is -0.193. The first-order valence-corrected chi connectivity index (χ1v) is 11.3. The van der Waals surface area contributed by atoms with Crippen LogP contribution in [0.15, 0.2) is 61.1 Å². The van der Waals surface area contributed by atoms with Crippen LogP contribution in [0.4, 0.5) is 67.6 Å². The largest absolute Gasteiger partial charge is 0.490 e. The van der Waals surface area contributed by atoms with Crippen molar-refractivity contribution in [3.63, 3.8) is 0 Å². The van der Waals surface area contributed by atoms with Crippen LogP contribution in [0.2, 0.25) is 0 Å². The molecular formula is C24H15F13N4O5. The number of carbonyl (C=O) groups excluding carboxylic acids is 1. The van der Waals surface area contributed by atoms with Crippen LogP contribution in [0, 0.1) is 5.82 Å². The Morgan fingerprint density at radius 3 is 1.63 bits per heavy atom. The second kappa shape index (κ2) is 15.2. The Bertz CT molecular complexity index is 1470. The number of pyridine rings is 2. The number of amides is 2. The maximum atomic E-state index is 14.1. The van der Waals surface area contributed by atoms with Gasteiger partial charge in [0.25, 0.3) is 0 Å². The third-order valence-corrected chi connectivity index (χ3v) is 4.73. The van der Waals surface area contributed by atoms with Crippen molar-refractivity contribution < 1.29 is 81.7 Å². The minimum Gasteiger partial charge on any atom is -0.475 e. The maximum absolute atomic E-state index is 14.1. The highest BCUT2D eigenvalue weighted by Crippen LogP contribution is 2.37. The van der Waals surface area contributed by atoms with Crippen molar-refractivity contribution in [2.24, 2.45) is 0 Å². The number of alkyl halides is 12. The minimum absolute atomic E-state index is 0.194. The van der Waals surface area contributed by atoms with Crippen molar-refractivity contribution in [1.29, 1.82) is 0 Å². The number of carboxylic acid groups (broad SMARTS) is 2. The summed E-state index contributed by atoms with van der Waals surface area (Å²) < 4.78 is 157. The first-order chi connectivity index (χ1) is 20.9. The fourth-order valence-electron chi connectivity index (χ4n) is 2.87. The number of nitrogens with zero attached hydrogens (tertiary/aromatic N) is 2. The van der Waals surface area contributed by atoms with Gasteiger partial charge in [0.1, 0.15) is 5.82 Å². The van der Waals surface area contributed by atoms with Crippen LogP contribution in [0.3, 0.4) is 0 Å². The van der Waals surface area contributed by atoms with E-state index in [0.717, 1.165) is 18.3 Å². The molecule has 1 aromatic carbocycles. The Labute approximate surface area is 246 Å². The molecule has 0 bridgehead atoms. The van der Waals surface area contributed by atoms with Gasteiger partial charge in [0.2, 0.25) is 0 Å².